The van der Waals surface area contributed by atoms with E-state index in [0.29, 0.717) is 18.0 Å². The van der Waals surface area contributed by atoms with E-state index in [4.69, 9.17) is 9.47 Å². The van der Waals surface area contributed by atoms with E-state index in [-0.39, 0.29) is 18.0 Å². The van der Waals surface area contributed by atoms with Crippen LogP contribution in [0.4, 0.5) is 5.82 Å². The summed E-state index contributed by atoms with van der Waals surface area (Å²) in [6, 6.07) is 17.8. The van der Waals surface area contributed by atoms with E-state index in [1.165, 1.54) is 0 Å². The number of rotatable bonds is 6. The Bertz CT molecular complexity index is 1120. The number of esters is 1. The van der Waals surface area contributed by atoms with Crippen LogP contribution in [0.25, 0.3) is 11.3 Å². The third-order valence-corrected chi connectivity index (χ3v) is 5.25. The van der Waals surface area contributed by atoms with Crippen LogP contribution in [0.15, 0.2) is 65.9 Å². The number of carbonyl (C=O) groups is 1. The first kappa shape index (κ1) is 20.7. The molecule has 2 heterocycles. The number of carbonyl (C=O) groups excluding carboxylic acids is 1. The predicted octanol–water partition coefficient (Wildman–Crippen LogP) is 5.26. The lowest BCUT2D eigenvalue weighted by Gasteiger charge is -2.29. The fourth-order valence-corrected chi connectivity index (χ4v) is 4.02. The molecule has 4 rings (SSSR count). The standard InChI is InChI=1S/C25H27N3O3/c1-5-30-19-14-10-9-13-18(19)21-20(25(29)31-15(2)3)16(4)26-24-22(21)23(27-28-24)17-11-7-6-8-12-17/h6-15,21H,5H2,1-4H3,(H2,26,27,28). The van der Waals surface area contributed by atoms with Crippen LogP contribution in [-0.2, 0) is 9.53 Å². The minimum Gasteiger partial charge on any atom is -0.494 e. The average molecular weight is 418 g/mol. The first-order chi connectivity index (χ1) is 15.0. The molecule has 0 aliphatic carbocycles. The summed E-state index contributed by atoms with van der Waals surface area (Å²) in [7, 11) is 0. The fourth-order valence-electron chi connectivity index (χ4n) is 4.02. The normalized spacial score (nSPS) is 15.5. The lowest BCUT2D eigenvalue weighted by molar-refractivity contribution is -0.142. The maximum absolute atomic E-state index is 13.3. The number of aromatic nitrogens is 2. The van der Waals surface area contributed by atoms with Crippen molar-refractivity contribution < 1.29 is 14.3 Å². The van der Waals surface area contributed by atoms with Crippen LogP contribution in [0.2, 0.25) is 0 Å². The molecular formula is C25H27N3O3. The fraction of sp³-hybridized carbons (Fsp3) is 0.280. The van der Waals surface area contributed by atoms with Crippen molar-refractivity contribution in [1.82, 2.24) is 10.2 Å². The lowest BCUT2D eigenvalue weighted by atomic mass is 9.80. The second kappa shape index (κ2) is 8.68. The number of nitrogens with zero attached hydrogens (tertiary/aromatic N) is 1. The summed E-state index contributed by atoms with van der Waals surface area (Å²) >= 11 is 0. The number of benzene rings is 2. The van der Waals surface area contributed by atoms with Gasteiger partial charge in [-0.15, -0.1) is 0 Å². The molecule has 0 fully saturated rings. The molecular weight excluding hydrogens is 390 g/mol. The molecule has 6 heteroatoms. The van der Waals surface area contributed by atoms with E-state index >= 15 is 0 Å². The molecule has 0 bridgehead atoms. The third kappa shape index (κ3) is 3.93. The number of hydrogen-bond donors (Lipinski definition) is 2. The summed E-state index contributed by atoms with van der Waals surface area (Å²) in [6.45, 7) is 8.07. The van der Waals surface area contributed by atoms with Gasteiger partial charge in [0.1, 0.15) is 5.75 Å². The maximum atomic E-state index is 13.3. The molecule has 1 atom stereocenters. The Morgan fingerprint density at radius 2 is 1.81 bits per heavy atom. The Labute approximate surface area is 182 Å². The van der Waals surface area contributed by atoms with E-state index in [1.54, 1.807) is 0 Å². The smallest absolute Gasteiger partial charge is 0.337 e. The van der Waals surface area contributed by atoms with Crippen molar-refractivity contribution in [2.45, 2.75) is 39.7 Å². The van der Waals surface area contributed by atoms with Crippen molar-refractivity contribution in [2.75, 3.05) is 11.9 Å². The van der Waals surface area contributed by atoms with E-state index < -0.39 is 0 Å². The third-order valence-electron chi connectivity index (χ3n) is 5.25. The number of anilines is 1. The zero-order chi connectivity index (χ0) is 22.0. The number of hydrogen-bond acceptors (Lipinski definition) is 5. The highest BCUT2D eigenvalue weighted by atomic mass is 16.5. The van der Waals surface area contributed by atoms with Gasteiger partial charge in [-0.25, -0.2) is 4.79 Å². The van der Waals surface area contributed by atoms with Gasteiger partial charge in [0.25, 0.3) is 0 Å². The molecule has 1 aliphatic heterocycles. The molecule has 3 aromatic rings. The highest BCUT2D eigenvalue weighted by molar-refractivity contribution is 5.96. The summed E-state index contributed by atoms with van der Waals surface area (Å²) in [5.74, 6) is 0.709. The maximum Gasteiger partial charge on any atom is 0.337 e. The van der Waals surface area contributed by atoms with Gasteiger partial charge in [0, 0.05) is 16.8 Å². The average Bonchev–Trinajstić information content (AvgIpc) is 3.17. The van der Waals surface area contributed by atoms with Crippen molar-refractivity contribution in [3.8, 4) is 17.0 Å². The number of fused-ring (bicyclic) bond motifs is 1. The van der Waals surface area contributed by atoms with E-state index in [9.17, 15) is 4.79 Å². The number of H-pyrrole nitrogens is 1. The molecule has 1 unspecified atom stereocenters. The van der Waals surface area contributed by atoms with E-state index in [2.05, 4.69) is 15.5 Å². The molecule has 1 aliphatic rings. The number of aromatic amines is 1. The molecule has 0 saturated heterocycles. The van der Waals surface area contributed by atoms with Crippen molar-refractivity contribution in [2.24, 2.45) is 0 Å². The Hall–Kier alpha value is -3.54. The van der Waals surface area contributed by atoms with Gasteiger partial charge in [-0.05, 0) is 39.3 Å². The first-order valence-electron chi connectivity index (χ1n) is 10.5. The summed E-state index contributed by atoms with van der Waals surface area (Å²) in [4.78, 5) is 13.3. The number of nitrogens with one attached hydrogen (secondary N) is 2. The van der Waals surface area contributed by atoms with E-state index in [0.717, 1.165) is 33.8 Å². The first-order valence-corrected chi connectivity index (χ1v) is 10.5. The van der Waals surface area contributed by atoms with Gasteiger partial charge in [0.05, 0.1) is 29.9 Å². The molecule has 6 nitrogen and oxygen atoms in total. The van der Waals surface area contributed by atoms with Crippen LogP contribution in [-0.4, -0.2) is 28.9 Å². The highest BCUT2D eigenvalue weighted by Crippen LogP contribution is 2.47. The topological polar surface area (TPSA) is 76.2 Å². The van der Waals surface area contributed by atoms with Gasteiger partial charge in [-0.1, -0.05) is 48.5 Å². The zero-order valence-corrected chi connectivity index (χ0v) is 18.2. The minimum absolute atomic E-state index is 0.227. The van der Waals surface area contributed by atoms with Crippen LogP contribution in [0.1, 0.15) is 44.7 Å². The van der Waals surface area contributed by atoms with Crippen LogP contribution < -0.4 is 10.1 Å². The molecule has 0 amide bonds. The second-order valence-corrected chi connectivity index (χ2v) is 7.75. The van der Waals surface area contributed by atoms with Crippen LogP contribution in [0, 0.1) is 0 Å². The Morgan fingerprint density at radius 3 is 2.52 bits per heavy atom. The lowest BCUT2D eigenvalue weighted by Crippen LogP contribution is -2.26. The van der Waals surface area contributed by atoms with Crippen LogP contribution in [0.3, 0.4) is 0 Å². The summed E-state index contributed by atoms with van der Waals surface area (Å²) in [5, 5.41) is 11.0. The second-order valence-electron chi connectivity index (χ2n) is 7.75. The summed E-state index contributed by atoms with van der Waals surface area (Å²) < 4.78 is 11.6. The Balaban J connectivity index is 1.95. The minimum atomic E-state index is -0.390. The molecule has 160 valence electrons. The van der Waals surface area contributed by atoms with Crippen molar-refractivity contribution in [1.29, 1.82) is 0 Å². The molecule has 0 saturated carbocycles. The Kier molecular flexibility index (Phi) is 5.80. The summed E-state index contributed by atoms with van der Waals surface area (Å²) in [6.07, 6.45) is -0.227. The molecule has 2 N–H and O–H groups in total. The predicted molar refractivity (Wildman–Crippen MR) is 121 cm³/mol. The van der Waals surface area contributed by atoms with E-state index in [1.807, 2.05) is 82.3 Å². The number of ether oxygens (including phenoxy) is 2. The molecule has 2 aromatic carbocycles. The van der Waals surface area contributed by atoms with Crippen molar-refractivity contribution in [3.05, 3.63) is 77.0 Å². The van der Waals surface area contributed by atoms with Crippen LogP contribution in [0.5, 0.6) is 5.75 Å². The van der Waals surface area contributed by atoms with Crippen molar-refractivity contribution in [3.63, 3.8) is 0 Å². The van der Waals surface area contributed by atoms with Gasteiger partial charge in [0.2, 0.25) is 0 Å². The Morgan fingerprint density at radius 1 is 1.10 bits per heavy atom. The number of allylic oxidation sites excluding steroid dienone is 1. The molecule has 1 aromatic heterocycles. The number of para-hydroxylation sites is 1. The van der Waals surface area contributed by atoms with Crippen molar-refractivity contribution >= 4 is 11.8 Å². The quantitative estimate of drug-likeness (QED) is 0.535. The molecule has 0 spiro atoms. The zero-order valence-electron chi connectivity index (χ0n) is 18.2. The van der Waals surface area contributed by atoms with Gasteiger partial charge in [-0.3, -0.25) is 5.10 Å². The summed E-state index contributed by atoms with van der Waals surface area (Å²) in [5.41, 5.74) is 4.95. The highest BCUT2D eigenvalue weighted by Gasteiger charge is 2.38. The SMILES string of the molecule is CCOc1ccccc1C1C(C(=O)OC(C)C)=C(C)Nc2n[nH]c(-c3ccccc3)c21. The van der Waals surface area contributed by atoms with Gasteiger partial charge in [-0.2, -0.15) is 5.10 Å². The largest absolute Gasteiger partial charge is 0.494 e. The molecule has 31 heavy (non-hydrogen) atoms. The van der Waals surface area contributed by atoms with Gasteiger partial charge in [0.15, 0.2) is 5.82 Å². The van der Waals surface area contributed by atoms with Gasteiger partial charge < -0.3 is 14.8 Å². The van der Waals surface area contributed by atoms with Crippen LogP contribution >= 0.6 is 0 Å². The monoisotopic (exact) mass is 417 g/mol. The molecule has 0 radical (unpaired) electrons. The van der Waals surface area contributed by atoms with Gasteiger partial charge >= 0.3 is 5.97 Å².